The van der Waals surface area contributed by atoms with E-state index >= 15 is 0 Å². The predicted molar refractivity (Wildman–Crippen MR) is 131 cm³/mol. The van der Waals surface area contributed by atoms with Gasteiger partial charge in [0.2, 0.25) is 5.88 Å². The van der Waals surface area contributed by atoms with Gasteiger partial charge in [0.25, 0.3) is 5.91 Å². The largest absolute Gasteiger partial charge is 0.439 e. The second-order valence-electron chi connectivity index (χ2n) is 7.84. The van der Waals surface area contributed by atoms with Gasteiger partial charge in [-0.2, -0.15) is 0 Å². The lowest BCUT2D eigenvalue weighted by atomic mass is 10.1. The maximum atomic E-state index is 12.8. The summed E-state index contributed by atoms with van der Waals surface area (Å²) in [6.07, 6.45) is 1.47. The Morgan fingerprint density at radius 2 is 1.68 bits per heavy atom. The Balaban J connectivity index is 1.25. The molecule has 7 nitrogen and oxygen atoms in total. The van der Waals surface area contributed by atoms with Crippen LogP contribution in [0.5, 0.6) is 11.6 Å². The van der Waals surface area contributed by atoms with Crippen LogP contribution in [0.1, 0.15) is 10.4 Å². The minimum atomic E-state index is -0.211. The molecule has 0 unspecified atom stereocenters. The molecule has 1 fully saturated rings. The lowest BCUT2D eigenvalue weighted by Gasteiger charge is -2.28. The van der Waals surface area contributed by atoms with Crippen molar-refractivity contribution in [1.82, 2.24) is 9.97 Å². The van der Waals surface area contributed by atoms with Gasteiger partial charge in [-0.05, 0) is 42.5 Å². The molecule has 0 bridgehead atoms. The van der Waals surface area contributed by atoms with Gasteiger partial charge in [-0.3, -0.25) is 4.79 Å². The van der Waals surface area contributed by atoms with E-state index < -0.39 is 0 Å². The van der Waals surface area contributed by atoms with Gasteiger partial charge in [-0.1, -0.05) is 36.4 Å². The third-order valence-corrected chi connectivity index (χ3v) is 5.53. The highest BCUT2D eigenvalue weighted by atomic mass is 16.5. The van der Waals surface area contributed by atoms with Crippen LogP contribution in [0.25, 0.3) is 11.3 Å². The van der Waals surface area contributed by atoms with Crippen molar-refractivity contribution < 1.29 is 14.3 Å². The highest BCUT2D eigenvalue weighted by Crippen LogP contribution is 2.25. The fourth-order valence-electron chi connectivity index (χ4n) is 3.76. The minimum Gasteiger partial charge on any atom is -0.439 e. The molecule has 4 aromatic rings. The lowest BCUT2D eigenvalue weighted by molar-refractivity contribution is 0.102. The Kier molecular flexibility index (Phi) is 6.45. The van der Waals surface area contributed by atoms with E-state index in [0.717, 1.165) is 48.9 Å². The molecule has 1 aliphatic heterocycles. The van der Waals surface area contributed by atoms with Crippen molar-refractivity contribution in [2.75, 3.05) is 36.5 Å². The fourth-order valence-corrected chi connectivity index (χ4v) is 3.76. The number of nitrogens with one attached hydrogen (secondary N) is 1. The number of aromatic nitrogens is 2. The molecule has 3 aromatic carbocycles. The molecule has 1 N–H and O–H groups in total. The van der Waals surface area contributed by atoms with E-state index in [4.69, 9.17) is 9.47 Å². The van der Waals surface area contributed by atoms with Gasteiger partial charge in [0, 0.05) is 41.7 Å². The van der Waals surface area contributed by atoms with Crippen LogP contribution in [0.4, 0.5) is 11.4 Å². The van der Waals surface area contributed by atoms with E-state index in [2.05, 4.69) is 20.2 Å². The summed E-state index contributed by atoms with van der Waals surface area (Å²) in [5.41, 5.74) is 4.09. The van der Waals surface area contributed by atoms with Gasteiger partial charge in [-0.25, -0.2) is 9.97 Å². The van der Waals surface area contributed by atoms with Crippen molar-refractivity contribution in [3.8, 4) is 22.9 Å². The first-order valence-corrected chi connectivity index (χ1v) is 11.1. The molecule has 0 atom stereocenters. The minimum absolute atomic E-state index is 0.211. The number of morpholine rings is 1. The molecule has 1 aliphatic rings. The Hall–Kier alpha value is -4.23. The maximum Gasteiger partial charge on any atom is 0.255 e. The molecule has 0 saturated carbocycles. The number of hydrogen-bond acceptors (Lipinski definition) is 6. The normalized spacial score (nSPS) is 13.4. The molecular formula is C27H24N4O3. The number of rotatable bonds is 6. The van der Waals surface area contributed by atoms with Crippen molar-refractivity contribution in [3.63, 3.8) is 0 Å². The number of ether oxygens (including phenoxy) is 2. The van der Waals surface area contributed by atoms with E-state index in [1.54, 1.807) is 30.3 Å². The van der Waals surface area contributed by atoms with Gasteiger partial charge in [-0.15, -0.1) is 0 Å². The molecule has 1 aromatic heterocycles. The van der Waals surface area contributed by atoms with Crippen LogP contribution in [-0.2, 0) is 4.74 Å². The Morgan fingerprint density at radius 3 is 2.47 bits per heavy atom. The zero-order valence-corrected chi connectivity index (χ0v) is 18.6. The van der Waals surface area contributed by atoms with Gasteiger partial charge in [0.05, 0.1) is 18.9 Å². The number of benzene rings is 3. The van der Waals surface area contributed by atoms with Crippen molar-refractivity contribution in [2.24, 2.45) is 0 Å². The average Bonchev–Trinajstić information content (AvgIpc) is 2.90. The van der Waals surface area contributed by atoms with Crippen LogP contribution in [0.3, 0.4) is 0 Å². The lowest BCUT2D eigenvalue weighted by Crippen LogP contribution is -2.36. The molecule has 5 rings (SSSR count). The summed E-state index contributed by atoms with van der Waals surface area (Å²) in [5, 5.41) is 2.95. The standard InChI is InChI=1S/C27H24N4O3/c32-27(30-22-9-11-23(12-10-22)31-13-15-33-16-14-31)21-7-4-8-24(17-21)34-26-18-25(28-19-29-26)20-5-2-1-3-6-20/h1-12,17-19H,13-16H2,(H,30,32). The zero-order chi connectivity index (χ0) is 23.2. The van der Waals surface area contributed by atoms with Gasteiger partial charge in [0.15, 0.2) is 0 Å². The maximum absolute atomic E-state index is 12.8. The number of hydrogen-bond donors (Lipinski definition) is 1. The first-order chi connectivity index (χ1) is 16.7. The monoisotopic (exact) mass is 452 g/mol. The van der Waals surface area contributed by atoms with Crippen LogP contribution in [0.15, 0.2) is 91.3 Å². The van der Waals surface area contributed by atoms with E-state index in [-0.39, 0.29) is 5.91 Å². The first-order valence-electron chi connectivity index (χ1n) is 11.1. The topological polar surface area (TPSA) is 76.6 Å². The molecule has 2 heterocycles. The third-order valence-electron chi connectivity index (χ3n) is 5.53. The highest BCUT2D eigenvalue weighted by molar-refractivity contribution is 6.04. The zero-order valence-electron chi connectivity index (χ0n) is 18.6. The van der Waals surface area contributed by atoms with Gasteiger partial charge >= 0.3 is 0 Å². The summed E-state index contributed by atoms with van der Waals surface area (Å²) in [6, 6.07) is 26.5. The molecule has 170 valence electrons. The fraction of sp³-hybridized carbons (Fsp3) is 0.148. The van der Waals surface area contributed by atoms with E-state index in [1.807, 2.05) is 54.6 Å². The summed E-state index contributed by atoms with van der Waals surface area (Å²) in [5.74, 6) is 0.718. The number of amides is 1. The number of nitrogens with zero attached hydrogens (tertiary/aromatic N) is 3. The second kappa shape index (κ2) is 10.1. The van der Waals surface area contributed by atoms with Gasteiger partial charge < -0.3 is 19.7 Å². The molecule has 0 radical (unpaired) electrons. The smallest absolute Gasteiger partial charge is 0.255 e. The quantitative estimate of drug-likeness (QED) is 0.442. The van der Waals surface area contributed by atoms with Crippen LogP contribution < -0.4 is 15.0 Å². The van der Waals surface area contributed by atoms with E-state index in [0.29, 0.717) is 17.2 Å². The molecule has 1 amide bonds. The van der Waals surface area contributed by atoms with Crippen LogP contribution in [0.2, 0.25) is 0 Å². The molecule has 1 saturated heterocycles. The number of carbonyl (C=O) groups is 1. The van der Waals surface area contributed by atoms with Crippen molar-refractivity contribution in [2.45, 2.75) is 0 Å². The summed E-state index contributed by atoms with van der Waals surface area (Å²) < 4.78 is 11.3. The molecule has 34 heavy (non-hydrogen) atoms. The van der Waals surface area contributed by atoms with Crippen LogP contribution in [0, 0.1) is 0 Å². The number of anilines is 2. The average molecular weight is 453 g/mol. The van der Waals surface area contributed by atoms with Crippen LogP contribution >= 0.6 is 0 Å². The predicted octanol–water partition coefficient (Wildman–Crippen LogP) is 5.02. The van der Waals surface area contributed by atoms with Crippen LogP contribution in [-0.4, -0.2) is 42.2 Å². The van der Waals surface area contributed by atoms with Crippen molar-refractivity contribution in [1.29, 1.82) is 0 Å². The third kappa shape index (κ3) is 5.22. The summed E-state index contributed by atoms with van der Waals surface area (Å²) >= 11 is 0. The van der Waals surface area contributed by atoms with E-state index in [1.165, 1.54) is 6.33 Å². The SMILES string of the molecule is O=C(Nc1ccc(N2CCOCC2)cc1)c1cccc(Oc2cc(-c3ccccc3)ncn2)c1. The summed E-state index contributed by atoms with van der Waals surface area (Å²) in [6.45, 7) is 3.22. The molecular weight excluding hydrogens is 428 g/mol. The Labute approximate surface area is 198 Å². The Bertz CT molecular complexity index is 1260. The van der Waals surface area contributed by atoms with Crippen molar-refractivity contribution >= 4 is 17.3 Å². The second-order valence-corrected chi connectivity index (χ2v) is 7.84. The number of carbonyl (C=O) groups excluding carboxylic acids is 1. The van der Waals surface area contributed by atoms with Crippen molar-refractivity contribution in [3.05, 3.63) is 96.8 Å². The van der Waals surface area contributed by atoms with E-state index in [9.17, 15) is 4.79 Å². The summed E-state index contributed by atoms with van der Waals surface area (Å²) in [7, 11) is 0. The molecule has 0 aliphatic carbocycles. The summed E-state index contributed by atoms with van der Waals surface area (Å²) in [4.78, 5) is 23.6. The highest BCUT2D eigenvalue weighted by Gasteiger charge is 2.12. The Morgan fingerprint density at radius 1 is 0.882 bits per heavy atom. The molecule has 0 spiro atoms. The van der Waals surface area contributed by atoms with Gasteiger partial charge in [0.1, 0.15) is 12.1 Å². The first kappa shape index (κ1) is 21.6. The molecule has 7 heteroatoms.